The first kappa shape index (κ1) is 15.8. The zero-order chi connectivity index (χ0) is 16.4. The number of rotatable bonds is 4. The van der Waals surface area contributed by atoms with E-state index >= 15 is 0 Å². The summed E-state index contributed by atoms with van der Waals surface area (Å²) in [6, 6.07) is 3.07. The predicted molar refractivity (Wildman–Crippen MR) is 83.8 cm³/mol. The molecule has 1 amide bonds. The fourth-order valence-electron chi connectivity index (χ4n) is 2.58. The Hall–Kier alpha value is -2.09. The monoisotopic (exact) mass is 339 g/mol. The van der Waals surface area contributed by atoms with Crippen molar-refractivity contribution < 1.29 is 28.9 Å². The van der Waals surface area contributed by atoms with Crippen LogP contribution in [-0.4, -0.2) is 54.4 Å². The highest BCUT2D eigenvalue weighted by atomic mass is 32.2. The molecule has 2 heterocycles. The minimum atomic E-state index is -1.22. The summed E-state index contributed by atoms with van der Waals surface area (Å²) < 4.78 is 16.2. The largest absolute Gasteiger partial charge is 0.493 e. The molecule has 8 heteroatoms. The summed E-state index contributed by atoms with van der Waals surface area (Å²) >= 11 is 1.51. The molecule has 1 atom stereocenters. The quantitative estimate of drug-likeness (QED) is 0.850. The van der Waals surface area contributed by atoms with Gasteiger partial charge in [0.2, 0.25) is 5.75 Å². The summed E-state index contributed by atoms with van der Waals surface area (Å²) in [7, 11) is 1.47. The van der Waals surface area contributed by atoms with Crippen molar-refractivity contribution in [2.24, 2.45) is 0 Å². The lowest BCUT2D eigenvalue weighted by atomic mass is 9.98. The van der Waals surface area contributed by atoms with Crippen LogP contribution in [0.3, 0.4) is 0 Å². The second-order valence-electron chi connectivity index (χ2n) is 5.35. The highest BCUT2D eigenvalue weighted by Crippen LogP contribution is 2.40. The van der Waals surface area contributed by atoms with Crippen LogP contribution in [0, 0.1) is 0 Å². The van der Waals surface area contributed by atoms with E-state index in [1.165, 1.54) is 24.9 Å². The number of aliphatic carboxylic acids is 1. The molecule has 1 fully saturated rings. The summed E-state index contributed by atoms with van der Waals surface area (Å²) in [6.45, 7) is 0.797. The predicted octanol–water partition coefficient (Wildman–Crippen LogP) is 1.16. The summed E-state index contributed by atoms with van der Waals surface area (Å²) in [5, 5.41) is 12.1. The lowest BCUT2D eigenvalue weighted by molar-refractivity contribution is -0.143. The molecule has 0 radical (unpaired) electrons. The van der Waals surface area contributed by atoms with Crippen LogP contribution >= 0.6 is 11.8 Å². The Bertz CT molecular complexity index is 624. The van der Waals surface area contributed by atoms with Gasteiger partial charge in [-0.1, -0.05) is 0 Å². The Kier molecular flexibility index (Phi) is 4.25. The van der Waals surface area contributed by atoms with E-state index in [0.717, 1.165) is 0 Å². The fourth-order valence-corrected chi connectivity index (χ4v) is 3.90. The van der Waals surface area contributed by atoms with Crippen LogP contribution in [-0.2, 0) is 4.79 Å². The fraction of sp³-hybridized carbons (Fsp3) is 0.467. The Morgan fingerprint density at radius 3 is 2.78 bits per heavy atom. The lowest BCUT2D eigenvalue weighted by Gasteiger charge is -2.25. The van der Waals surface area contributed by atoms with E-state index in [1.54, 1.807) is 6.07 Å². The first-order valence-corrected chi connectivity index (χ1v) is 8.32. The minimum absolute atomic E-state index is 0.281. The zero-order valence-electron chi connectivity index (χ0n) is 12.6. The molecule has 1 aromatic carbocycles. The Morgan fingerprint density at radius 1 is 1.35 bits per heavy atom. The van der Waals surface area contributed by atoms with Crippen molar-refractivity contribution in [1.29, 1.82) is 0 Å². The third kappa shape index (κ3) is 2.90. The molecule has 2 aliphatic heterocycles. The van der Waals surface area contributed by atoms with Gasteiger partial charge in [-0.25, -0.2) is 4.79 Å². The van der Waals surface area contributed by atoms with Crippen molar-refractivity contribution in [3.63, 3.8) is 0 Å². The lowest BCUT2D eigenvalue weighted by Crippen LogP contribution is -2.54. The number of fused-ring (bicyclic) bond motifs is 1. The zero-order valence-corrected chi connectivity index (χ0v) is 13.4. The maximum Gasteiger partial charge on any atom is 0.330 e. The summed E-state index contributed by atoms with van der Waals surface area (Å²) in [5.41, 5.74) is -0.939. The average molecular weight is 339 g/mol. The van der Waals surface area contributed by atoms with Gasteiger partial charge in [0.15, 0.2) is 11.5 Å². The number of hydrogen-bond donors (Lipinski definition) is 2. The number of hydrogen-bond acceptors (Lipinski definition) is 6. The van der Waals surface area contributed by atoms with Gasteiger partial charge in [-0.3, -0.25) is 4.79 Å². The Balaban J connectivity index is 1.89. The normalized spacial score (nSPS) is 22.5. The van der Waals surface area contributed by atoms with E-state index in [2.05, 4.69) is 5.32 Å². The van der Waals surface area contributed by atoms with E-state index in [9.17, 15) is 14.7 Å². The molecule has 3 rings (SSSR count). The maximum atomic E-state index is 12.5. The molecule has 0 aliphatic carbocycles. The van der Waals surface area contributed by atoms with Gasteiger partial charge in [0.05, 0.1) is 7.11 Å². The van der Waals surface area contributed by atoms with Gasteiger partial charge in [0.1, 0.15) is 18.8 Å². The number of ether oxygens (including phenoxy) is 3. The molecule has 0 spiro atoms. The molecule has 1 aromatic rings. The van der Waals surface area contributed by atoms with Crippen LogP contribution < -0.4 is 19.5 Å². The number of nitrogens with one attached hydrogen (secondary N) is 1. The Morgan fingerprint density at radius 2 is 2.13 bits per heavy atom. The summed E-state index contributed by atoms with van der Waals surface area (Å²) in [6.07, 6.45) is 0.403. The van der Waals surface area contributed by atoms with Crippen LogP contribution in [0.4, 0.5) is 0 Å². The van der Waals surface area contributed by atoms with E-state index in [1.807, 2.05) is 0 Å². The molecule has 1 saturated heterocycles. The molecular formula is C15H17NO6S. The van der Waals surface area contributed by atoms with Crippen molar-refractivity contribution in [3.05, 3.63) is 17.7 Å². The highest BCUT2D eigenvalue weighted by Gasteiger charge is 2.43. The van der Waals surface area contributed by atoms with Gasteiger partial charge in [0.25, 0.3) is 5.91 Å². The van der Waals surface area contributed by atoms with Gasteiger partial charge in [0, 0.05) is 11.3 Å². The third-order valence-corrected chi connectivity index (χ3v) is 5.06. The van der Waals surface area contributed by atoms with E-state index in [0.29, 0.717) is 48.4 Å². The van der Waals surface area contributed by atoms with Gasteiger partial charge in [-0.15, -0.1) is 0 Å². The van der Waals surface area contributed by atoms with Crippen molar-refractivity contribution in [1.82, 2.24) is 5.32 Å². The van der Waals surface area contributed by atoms with E-state index in [-0.39, 0.29) is 5.56 Å². The number of benzene rings is 1. The first-order valence-electron chi connectivity index (χ1n) is 7.17. The second-order valence-corrected chi connectivity index (χ2v) is 6.45. The van der Waals surface area contributed by atoms with Crippen LogP contribution in [0.2, 0.25) is 0 Å². The van der Waals surface area contributed by atoms with E-state index in [4.69, 9.17) is 14.2 Å². The average Bonchev–Trinajstić information content (AvgIpc) is 3.03. The first-order chi connectivity index (χ1) is 11.1. The number of thioether (sulfide) groups is 1. The molecule has 2 aliphatic rings. The van der Waals surface area contributed by atoms with Crippen molar-refractivity contribution in [2.45, 2.75) is 12.0 Å². The molecule has 0 bridgehead atoms. The smallest absolute Gasteiger partial charge is 0.330 e. The molecular weight excluding hydrogens is 322 g/mol. The van der Waals surface area contributed by atoms with Gasteiger partial charge < -0.3 is 24.6 Å². The van der Waals surface area contributed by atoms with Crippen LogP contribution in [0.25, 0.3) is 0 Å². The van der Waals surface area contributed by atoms with Crippen LogP contribution in [0.15, 0.2) is 12.1 Å². The number of carboxylic acid groups (broad SMARTS) is 1. The molecule has 124 valence electrons. The molecule has 7 nitrogen and oxygen atoms in total. The number of methoxy groups -OCH3 is 1. The SMILES string of the molecule is COc1cc(C(=O)NC2(C(=O)O)CCSC2)cc2c1OCCO2. The van der Waals surface area contributed by atoms with Crippen molar-refractivity contribution >= 4 is 23.6 Å². The number of amides is 1. The Labute approximate surface area is 137 Å². The van der Waals surface area contributed by atoms with E-state index < -0.39 is 17.4 Å². The number of carbonyl (C=O) groups is 2. The molecule has 1 unspecified atom stereocenters. The van der Waals surface area contributed by atoms with Gasteiger partial charge in [-0.2, -0.15) is 11.8 Å². The number of carbonyl (C=O) groups excluding carboxylic acids is 1. The van der Waals surface area contributed by atoms with Gasteiger partial charge >= 0.3 is 5.97 Å². The topological polar surface area (TPSA) is 94.1 Å². The summed E-state index contributed by atoms with van der Waals surface area (Å²) in [5.74, 6) is 0.848. The number of carboxylic acids is 1. The molecule has 23 heavy (non-hydrogen) atoms. The van der Waals surface area contributed by atoms with Crippen LogP contribution in [0.5, 0.6) is 17.2 Å². The van der Waals surface area contributed by atoms with Crippen molar-refractivity contribution in [2.75, 3.05) is 31.8 Å². The molecule has 0 aromatic heterocycles. The molecule has 2 N–H and O–H groups in total. The second kappa shape index (κ2) is 6.19. The highest BCUT2D eigenvalue weighted by molar-refractivity contribution is 7.99. The minimum Gasteiger partial charge on any atom is -0.493 e. The summed E-state index contributed by atoms with van der Waals surface area (Å²) in [4.78, 5) is 24.1. The standard InChI is InChI=1S/C15H17NO6S/c1-20-10-6-9(7-11-12(10)22-4-3-21-11)13(17)16-15(14(18)19)2-5-23-8-15/h6-7H,2-5,8H2,1H3,(H,16,17)(H,18,19). The molecule has 0 saturated carbocycles. The third-order valence-electron chi connectivity index (χ3n) is 3.87. The maximum absolute atomic E-state index is 12.5. The van der Waals surface area contributed by atoms with Crippen LogP contribution in [0.1, 0.15) is 16.8 Å². The van der Waals surface area contributed by atoms with Crippen molar-refractivity contribution in [3.8, 4) is 17.2 Å². The van der Waals surface area contributed by atoms with Gasteiger partial charge in [-0.05, 0) is 24.3 Å².